The summed E-state index contributed by atoms with van der Waals surface area (Å²) in [6, 6.07) is 4.91. The van der Waals surface area contributed by atoms with E-state index in [1.54, 1.807) is 27.7 Å². The molecule has 1 N–H and O–H groups in total. The smallest absolute Gasteiger partial charge is 0.350 e. The van der Waals surface area contributed by atoms with Crippen molar-refractivity contribution >= 4 is 5.91 Å². The van der Waals surface area contributed by atoms with E-state index in [1.807, 2.05) is 0 Å². The number of carbonyl (C=O) groups is 1. The third kappa shape index (κ3) is 4.15. The van der Waals surface area contributed by atoms with Crippen molar-refractivity contribution in [2.24, 2.45) is 0 Å². The van der Waals surface area contributed by atoms with Gasteiger partial charge in [-0.1, -0.05) is 17.3 Å². The van der Waals surface area contributed by atoms with Crippen LogP contribution in [-0.4, -0.2) is 16.6 Å². The highest BCUT2D eigenvalue weighted by Crippen LogP contribution is 2.29. The normalized spacial score (nSPS) is 12.3. The zero-order valence-electron chi connectivity index (χ0n) is 13.9. The van der Waals surface area contributed by atoms with E-state index in [0.717, 1.165) is 12.1 Å². The van der Waals surface area contributed by atoms with Crippen LogP contribution in [0.15, 0.2) is 28.8 Å². The second-order valence-corrected chi connectivity index (χ2v) is 6.43. The van der Waals surface area contributed by atoms with Crippen LogP contribution in [0.3, 0.4) is 0 Å². The van der Waals surface area contributed by atoms with Crippen LogP contribution < -0.4 is 5.32 Å². The summed E-state index contributed by atoms with van der Waals surface area (Å²) in [5.74, 6) is -0.252. The molecule has 1 amide bonds. The van der Waals surface area contributed by atoms with Gasteiger partial charge in [-0.15, -0.1) is 0 Å². The summed E-state index contributed by atoms with van der Waals surface area (Å²) < 4.78 is 42.8. The standard InChI is InChI=1S/C17H19F3N2O2/c1-10-11(2)22-24-14(10)15(23)21-16(3,4)9-12-5-7-13(8-6-12)17(18,19)20/h5-8H,9H2,1-4H3,(H,21,23). The topological polar surface area (TPSA) is 55.1 Å². The molecule has 1 aromatic carbocycles. The average Bonchev–Trinajstić information content (AvgIpc) is 2.77. The molecule has 0 aliphatic rings. The summed E-state index contributed by atoms with van der Waals surface area (Å²) in [4.78, 5) is 12.3. The van der Waals surface area contributed by atoms with Crippen molar-refractivity contribution in [3.05, 3.63) is 52.4 Å². The third-order valence-electron chi connectivity index (χ3n) is 3.74. The van der Waals surface area contributed by atoms with E-state index in [4.69, 9.17) is 4.52 Å². The highest BCUT2D eigenvalue weighted by molar-refractivity contribution is 5.93. The van der Waals surface area contributed by atoms with Crippen LogP contribution in [0.1, 0.15) is 46.8 Å². The molecule has 2 aromatic rings. The molecule has 0 bridgehead atoms. The molecule has 0 aliphatic carbocycles. The van der Waals surface area contributed by atoms with Crippen molar-refractivity contribution in [3.8, 4) is 0 Å². The van der Waals surface area contributed by atoms with E-state index < -0.39 is 23.2 Å². The SMILES string of the molecule is Cc1noc(C(=O)NC(C)(C)Cc2ccc(C(F)(F)F)cc2)c1C. The molecule has 24 heavy (non-hydrogen) atoms. The summed E-state index contributed by atoms with van der Waals surface area (Å²) >= 11 is 0. The molecule has 2 rings (SSSR count). The number of nitrogens with zero attached hydrogens (tertiary/aromatic N) is 1. The number of hydrogen-bond donors (Lipinski definition) is 1. The minimum atomic E-state index is -4.36. The monoisotopic (exact) mass is 340 g/mol. The molecule has 0 saturated carbocycles. The van der Waals surface area contributed by atoms with E-state index in [0.29, 0.717) is 23.2 Å². The summed E-state index contributed by atoms with van der Waals surface area (Å²) in [5.41, 5.74) is 0.641. The van der Waals surface area contributed by atoms with E-state index in [1.165, 1.54) is 12.1 Å². The number of aryl methyl sites for hydroxylation is 1. The van der Waals surface area contributed by atoms with Crippen molar-refractivity contribution in [1.29, 1.82) is 0 Å². The van der Waals surface area contributed by atoms with Crippen molar-refractivity contribution in [1.82, 2.24) is 10.5 Å². The van der Waals surface area contributed by atoms with Gasteiger partial charge in [-0.3, -0.25) is 4.79 Å². The minimum absolute atomic E-state index is 0.146. The number of benzene rings is 1. The van der Waals surface area contributed by atoms with E-state index in [2.05, 4.69) is 10.5 Å². The number of halogens is 3. The molecule has 4 nitrogen and oxygen atoms in total. The number of aromatic nitrogens is 1. The van der Waals surface area contributed by atoms with E-state index >= 15 is 0 Å². The molecule has 0 radical (unpaired) electrons. The number of amides is 1. The first-order chi connectivity index (χ1) is 11.0. The Bertz CT molecular complexity index is 731. The summed E-state index contributed by atoms with van der Waals surface area (Å²) in [5, 5.41) is 6.57. The predicted octanol–water partition coefficient (Wildman–Crippen LogP) is 4.06. The second kappa shape index (κ2) is 6.30. The Morgan fingerprint density at radius 3 is 2.21 bits per heavy atom. The minimum Gasteiger partial charge on any atom is -0.350 e. The van der Waals surface area contributed by atoms with E-state index in [-0.39, 0.29) is 5.76 Å². The Kier molecular flexibility index (Phi) is 4.73. The number of hydrogen-bond acceptors (Lipinski definition) is 3. The van der Waals surface area contributed by atoms with Gasteiger partial charge in [-0.25, -0.2) is 0 Å². The zero-order valence-corrected chi connectivity index (χ0v) is 13.9. The van der Waals surface area contributed by atoms with Gasteiger partial charge in [-0.05, 0) is 51.8 Å². The van der Waals surface area contributed by atoms with Gasteiger partial charge >= 0.3 is 6.18 Å². The van der Waals surface area contributed by atoms with Gasteiger partial charge in [0.05, 0.1) is 11.3 Å². The molecule has 0 atom stereocenters. The molecule has 1 heterocycles. The fourth-order valence-electron chi connectivity index (χ4n) is 2.36. The molecular formula is C17H19F3N2O2. The Morgan fingerprint density at radius 1 is 1.17 bits per heavy atom. The Morgan fingerprint density at radius 2 is 1.75 bits per heavy atom. The van der Waals surface area contributed by atoms with Crippen LogP contribution in [0.2, 0.25) is 0 Å². The summed E-state index contributed by atoms with van der Waals surface area (Å²) in [6.07, 6.45) is -3.98. The number of carbonyl (C=O) groups excluding carboxylic acids is 1. The van der Waals surface area contributed by atoms with Gasteiger partial charge in [0.15, 0.2) is 0 Å². The second-order valence-electron chi connectivity index (χ2n) is 6.43. The quantitative estimate of drug-likeness (QED) is 0.913. The fraction of sp³-hybridized carbons (Fsp3) is 0.412. The van der Waals surface area contributed by atoms with Gasteiger partial charge in [0, 0.05) is 11.1 Å². The highest BCUT2D eigenvalue weighted by Gasteiger charge is 2.30. The van der Waals surface area contributed by atoms with Crippen molar-refractivity contribution in [3.63, 3.8) is 0 Å². The molecule has 7 heteroatoms. The van der Waals surface area contributed by atoms with Crippen LogP contribution >= 0.6 is 0 Å². The maximum absolute atomic E-state index is 12.6. The Balaban J connectivity index is 2.08. The number of alkyl halides is 3. The number of nitrogens with one attached hydrogen (secondary N) is 1. The zero-order chi connectivity index (χ0) is 18.1. The van der Waals surface area contributed by atoms with E-state index in [9.17, 15) is 18.0 Å². The molecule has 0 spiro atoms. The molecule has 1 aromatic heterocycles. The summed E-state index contributed by atoms with van der Waals surface area (Å²) in [6.45, 7) is 7.06. The first-order valence-corrected chi connectivity index (χ1v) is 7.41. The van der Waals surface area contributed by atoms with Crippen LogP contribution in [0.5, 0.6) is 0 Å². The van der Waals surface area contributed by atoms with Crippen LogP contribution in [0.25, 0.3) is 0 Å². The Labute approximate surface area is 138 Å². The third-order valence-corrected chi connectivity index (χ3v) is 3.74. The lowest BCUT2D eigenvalue weighted by Crippen LogP contribution is -2.45. The van der Waals surface area contributed by atoms with Crippen LogP contribution in [0.4, 0.5) is 13.2 Å². The van der Waals surface area contributed by atoms with Gasteiger partial charge in [0.2, 0.25) is 5.76 Å². The van der Waals surface area contributed by atoms with Gasteiger partial charge < -0.3 is 9.84 Å². The molecule has 130 valence electrons. The first-order valence-electron chi connectivity index (χ1n) is 7.41. The maximum Gasteiger partial charge on any atom is 0.416 e. The van der Waals surface area contributed by atoms with Crippen LogP contribution in [-0.2, 0) is 12.6 Å². The largest absolute Gasteiger partial charge is 0.416 e. The van der Waals surface area contributed by atoms with Crippen molar-refractivity contribution in [2.75, 3.05) is 0 Å². The fourth-order valence-corrected chi connectivity index (χ4v) is 2.36. The predicted molar refractivity (Wildman–Crippen MR) is 82.7 cm³/mol. The first kappa shape index (κ1) is 18.0. The summed E-state index contributed by atoms with van der Waals surface area (Å²) in [7, 11) is 0. The van der Waals surface area contributed by atoms with Crippen LogP contribution in [0, 0.1) is 13.8 Å². The lowest BCUT2D eigenvalue weighted by Gasteiger charge is -2.26. The Hall–Kier alpha value is -2.31. The molecule has 0 aliphatic heterocycles. The lowest BCUT2D eigenvalue weighted by molar-refractivity contribution is -0.137. The van der Waals surface area contributed by atoms with Crippen molar-refractivity contribution < 1.29 is 22.5 Å². The molecule has 0 unspecified atom stereocenters. The number of rotatable bonds is 4. The maximum atomic E-state index is 12.6. The van der Waals surface area contributed by atoms with Gasteiger partial charge in [0.1, 0.15) is 0 Å². The highest BCUT2D eigenvalue weighted by atomic mass is 19.4. The van der Waals surface area contributed by atoms with Crippen molar-refractivity contribution in [2.45, 2.75) is 45.8 Å². The van der Waals surface area contributed by atoms with Gasteiger partial charge in [-0.2, -0.15) is 13.2 Å². The van der Waals surface area contributed by atoms with Gasteiger partial charge in [0.25, 0.3) is 5.91 Å². The molecule has 0 fully saturated rings. The lowest BCUT2D eigenvalue weighted by atomic mass is 9.94. The molecule has 0 saturated heterocycles. The molecular weight excluding hydrogens is 321 g/mol. The average molecular weight is 340 g/mol.